The molecular formula is C11H24N2. The fourth-order valence-electron chi connectivity index (χ4n) is 2.51. The van der Waals surface area contributed by atoms with E-state index < -0.39 is 0 Å². The lowest BCUT2D eigenvalue weighted by Gasteiger charge is -2.37. The van der Waals surface area contributed by atoms with Crippen molar-refractivity contribution in [2.45, 2.75) is 45.4 Å². The average Bonchev–Trinajstić information content (AvgIpc) is 2.17. The molecule has 3 N–H and O–H groups in total. The molecule has 0 aromatic heterocycles. The first-order valence-corrected chi connectivity index (χ1v) is 5.74. The summed E-state index contributed by atoms with van der Waals surface area (Å²) in [5.74, 6) is 0. The quantitative estimate of drug-likeness (QED) is 0.685. The molecule has 0 radical (unpaired) electrons. The van der Waals surface area contributed by atoms with Gasteiger partial charge in [-0.3, -0.25) is 0 Å². The van der Waals surface area contributed by atoms with Crippen LogP contribution in [0.15, 0.2) is 0 Å². The van der Waals surface area contributed by atoms with Gasteiger partial charge in [-0.05, 0) is 37.8 Å². The minimum absolute atomic E-state index is 0.545. The van der Waals surface area contributed by atoms with Crippen molar-refractivity contribution in [1.82, 2.24) is 5.32 Å². The number of nitrogens with one attached hydrogen (secondary N) is 1. The van der Waals surface area contributed by atoms with Gasteiger partial charge >= 0.3 is 0 Å². The number of rotatable bonds is 5. The molecule has 0 heterocycles. The summed E-state index contributed by atoms with van der Waals surface area (Å²) in [6.45, 7) is 5.30. The van der Waals surface area contributed by atoms with Crippen LogP contribution >= 0.6 is 0 Å². The van der Waals surface area contributed by atoms with Crippen LogP contribution in [0.4, 0.5) is 0 Å². The first-order chi connectivity index (χ1) is 6.33. The second kappa shape index (κ2) is 5.61. The summed E-state index contributed by atoms with van der Waals surface area (Å²) in [7, 11) is 0. The van der Waals surface area contributed by atoms with E-state index in [1.165, 1.54) is 45.1 Å². The fraction of sp³-hybridized carbons (Fsp3) is 1.00. The van der Waals surface area contributed by atoms with Crippen LogP contribution in [0.3, 0.4) is 0 Å². The predicted molar refractivity (Wildman–Crippen MR) is 57.7 cm³/mol. The van der Waals surface area contributed by atoms with Crippen molar-refractivity contribution in [2.24, 2.45) is 11.1 Å². The second-order valence-corrected chi connectivity index (χ2v) is 4.38. The van der Waals surface area contributed by atoms with E-state index in [2.05, 4.69) is 12.2 Å². The molecule has 1 fully saturated rings. The molecule has 0 saturated heterocycles. The van der Waals surface area contributed by atoms with Crippen molar-refractivity contribution in [3.8, 4) is 0 Å². The predicted octanol–water partition coefficient (Wildman–Crippen LogP) is 1.90. The molecule has 1 rings (SSSR count). The van der Waals surface area contributed by atoms with Crippen molar-refractivity contribution >= 4 is 0 Å². The largest absolute Gasteiger partial charge is 0.330 e. The first-order valence-electron chi connectivity index (χ1n) is 5.74. The Hall–Kier alpha value is -0.0800. The van der Waals surface area contributed by atoms with Crippen molar-refractivity contribution in [3.05, 3.63) is 0 Å². The Morgan fingerprint density at radius 1 is 1.23 bits per heavy atom. The maximum atomic E-state index is 5.69. The van der Waals surface area contributed by atoms with Crippen molar-refractivity contribution in [3.63, 3.8) is 0 Å². The molecule has 0 aromatic rings. The fourth-order valence-corrected chi connectivity index (χ4v) is 2.51. The SMILES string of the molecule is CCNCC1(CCN)CCCCC1. The summed E-state index contributed by atoms with van der Waals surface area (Å²) in [6, 6.07) is 0. The van der Waals surface area contributed by atoms with Gasteiger partial charge in [-0.2, -0.15) is 0 Å². The topological polar surface area (TPSA) is 38.0 Å². The molecule has 0 atom stereocenters. The number of nitrogens with two attached hydrogens (primary N) is 1. The van der Waals surface area contributed by atoms with Gasteiger partial charge in [0.15, 0.2) is 0 Å². The highest BCUT2D eigenvalue weighted by Crippen LogP contribution is 2.38. The summed E-state index contributed by atoms with van der Waals surface area (Å²) in [5.41, 5.74) is 6.23. The lowest BCUT2D eigenvalue weighted by atomic mass is 9.72. The van der Waals surface area contributed by atoms with E-state index >= 15 is 0 Å². The van der Waals surface area contributed by atoms with Gasteiger partial charge in [0.2, 0.25) is 0 Å². The van der Waals surface area contributed by atoms with Crippen LogP contribution in [0.5, 0.6) is 0 Å². The van der Waals surface area contributed by atoms with Gasteiger partial charge in [0.05, 0.1) is 0 Å². The Labute approximate surface area is 82.3 Å². The molecule has 0 amide bonds. The molecule has 2 heteroatoms. The Balaban J connectivity index is 2.40. The molecule has 2 nitrogen and oxygen atoms in total. The van der Waals surface area contributed by atoms with Crippen molar-refractivity contribution in [1.29, 1.82) is 0 Å². The van der Waals surface area contributed by atoms with E-state index in [1.807, 2.05) is 0 Å². The van der Waals surface area contributed by atoms with E-state index in [-0.39, 0.29) is 0 Å². The first kappa shape index (κ1) is 11.0. The maximum Gasteiger partial charge on any atom is 0.000817 e. The van der Waals surface area contributed by atoms with E-state index in [0.29, 0.717) is 5.41 Å². The Morgan fingerprint density at radius 3 is 2.46 bits per heavy atom. The van der Waals surface area contributed by atoms with Gasteiger partial charge in [-0.1, -0.05) is 26.2 Å². The summed E-state index contributed by atoms with van der Waals surface area (Å²) in [5, 5.41) is 3.49. The number of hydrogen-bond acceptors (Lipinski definition) is 2. The molecule has 1 aliphatic carbocycles. The lowest BCUT2D eigenvalue weighted by molar-refractivity contribution is 0.171. The molecule has 1 saturated carbocycles. The smallest absolute Gasteiger partial charge is 0.000817 e. The molecule has 0 aromatic carbocycles. The lowest BCUT2D eigenvalue weighted by Crippen LogP contribution is -2.37. The molecule has 13 heavy (non-hydrogen) atoms. The van der Waals surface area contributed by atoms with Gasteiger partial charge in [0, 0.05) is 6.54 Å². The summed E-state index contributed by atoms with van der Waals surface area (Å²) < 4.78 is 0. The minimum Gasteiger partial charge on any atom is -0.330 e. The zero-order chi connectivity index (χ0) is 9.57. The molecule has 0 aliphatic heterocycles. The van der Waals surface area contributed by atoms with E-state index in [4.69, 9.17) is 5.73 Å². The minimum atomic E-state index is 0.545. The van der Waals surface area contributed by atoms with Gasteiger partial charge in [-0.25, -0.2) is 0 Å². The van der Waals surface area contributed by atoms with Crippen LogP contribution in [0.2, 0.25) is 0 Å². The third kappa shape index (κ3) is 3.28. The average molecular weight is 184 g/mol. The Morgan fingerprint density at radius 2 is 1.92 bits per heavy atom. The van der Waals surface area contributed by atoms with Crippen molar-refractivity contribution in [2.75, 3.05) is 19.6 Å². The van der Waals surface area contributed by atoms with Crippen LogP contribution in [-0.4, -0.2) is 19.6 Å². The Kier molecular flexibility index (Phi) is 4.74. The van der Waals surface area contributed by atoms with Crippen LogP contribution in [0.25, 0.3) is 0 Å². The summed E-state index contributed by atoms with van der Waals surface area (Å²) in [6.07, 6.45) is 8.23. The second-order valence-electron chi connectivity index (χ2n) is 4.38. The van der Waals surface area contributed by atoms with Gasteiger partial charge < -0.3 is 11.1 Å². The van der Waals surface area contributed by atoms with Crippen LogP contribution < -0.4 is 11.1 Å². The molecule has 0 spiro atoms. The van der Waals surface area contributed by atoms with Crippen LogP contribution in [-0.2, 0) is 0 Å². The zero-order valence-corrected chi connectivity index (χ0v) is 8.94. The van der Waals surface area contributed by atoms with E-state index in [1.54, 1.807) is 0 Å². The zero-order valence-electron chi connectivity index (χ0n) is 8.94. The Bertz CT molecular complexity index is 123. The van der Waals surface area contributed by atoms with Crippen molar-refractivity contribution < 1.29 is 0 Å². The van der Waals surface area contributed by atoms with Crippen LogP contribution in [0, 0.1) is 5.41 Å². The number of hydrogen-bond donors (Lipinski definition) is 2. The molecular weight excluding hydrogens is 160 g/mol. The van der Waals surface area contributed by atoms with E-state index in [9.17, 15) is 0 Å². The molecule has 0 bridgehead atoms. The standard InChI is InChI=1S/C11H24N2/c1-2-13-10-11(8-9-12)6-4-3-5-7-11/h13H,2-10,12H2,1H3. The highest BCUT2D eigenvalue weighted by Gasteiger charge is 2.30. The highest BCUT2D eigenvalue weighted by atomic mass is 14.9. The monoisotopic (exact) mass is 184 g/mol. The van der Waals surface area contributed by atoms with Gasteiger partial charge in [0.25, 0.3) is 0 Å². The molecule has 1 aliphatic rings. The maximum absolute atomic E-state index is 5.69. The van der Waals surface area contributed by atoms with E-state index in [0.717, 1.165) is 13.1 Å². The third-order valence-electron chi connectivity index (χ3n) is 3.34. The highest BCUT2D eigenvalue weighted by molar-refractivity contribution is 4.84. The van der Waals surface area contributed by atoms with Gasteiger partial charge in [-0.15, -0.1) is 0 Å². The van der Waals surface area contributed by atoms with Crippen LogP contribution in [0.1, 0.15) is 45.4 Å². The summed E-state index contributed by atoms with van der Waals surface area (Å²) >= 11 is 0. The normalized spacial score (nSPS) is 21.7. The molecule has 78 valence electrons. The third-order valence-corrected chi connectivity index (χ3v) is 3.34. The van der Waals surface area contributed by atoms with Gasteiger partial charge in [0.1, 0.15) is 0 Å². The molecule has 0 unspecified atom stereocenters. The summed E-state index contributed by atoms with van der Waals surface area (Å²) in [4.78, 5) is 0.